The minimum atomic E-state index is -0.0820. The SMILES string of the molecule is COc1ccc(OC)c(CN(C(=O)C2CCN(c3oc(-c4ccco4)nc3C#N)CC2)C2CC2)c1. The van der Waals surface area contributed by atoms with E-state index in [4.69, 9.17) is 18.3 Å². The minimum absolute atomic E-state index is 0.0820. The highest BCUT2D eigenvalue weighted by Gasteiger charge is 2.38. The summed E-state index contributed by atoms with van der Waals surface area (Å²) in [6.45, 7) is 1.72. The number of carbonyl (C=O) groups excluding carboxylic acids is 1. The third kappa shape index (κ3) is 4.69. The highest BCUT2D eigenvalue weighted by Crippen LogP contribution is 2.36. The lowest BCUT2D eigenvalue weighted by molar-refractivity contribution is -0.137. The van der Waals surface area contributed by atoms with E-state index in [1.165, 1.54) is 6.26 Å². The Morgan fingerprint density at radius 2 is 2.00 bits per heavy atom. The first kappa shape index (κ1) is 22.8. The summed E-state index contributed by atoms with van der Waals surface area (Å²) < 4.78 is 22.2. The zero-order chi connectivity index (χ0) is 24.4. The van der Waals surface area contributed by atoms with Gasteiger partial charge < -0.3 is 28.1 Å². The molecule has 5 rings (SSSR count). The summed E-state index contributed by atoms with van der Waals surface area (Å²) in [6.07, 6.45) is 4.94. The van der Waals surface area contributed by atoms with Gasteiger partial charge in [-0.2, -0.15) is 10.2 Å². The summed E-state index contributed by atoms with van der Waals surface area (Å²) in [6, 6.07) is 11.5. The van der Waals surface area contributed by atoms with Crippen molar-refractivity contribution in [2.24, 2.45) is 5.92 Å². The second-order valence-corrected chi connectivity index (χ2v) is 8.90. The average molecular weight is 477 g/mol. The Kier molecular flexibility index (Phi) is 6.36. The zero-order valence-corrected chi connectivity index (χ0v) is 19.9. The van der Waals surface area contributed by atoms with Gasteiger partial charge in [0.15, 0.2) is 5.76 Å². The summed E-state index contributed by atoms with van der Waals surface area (Å²) in [7, 11) is 3.27. The van der Waals surface area contributed by atoms with Crippen molar-refractivity contribution in [3.63, 3.8) is 0 Å². The van der Waals surface area contributed by atoms with Gasteiger partial charge in [-0.15, -0.1) is 0 Å². The van der Waals surface area contributed by atoms with Crippen LogP contribution in [0.4, 0.5) is 5.88 Å². The zero-order valence-electron chi connectivity index (χ0n) is 19.9. The van der Waals surface area contributed by atoms with E-state index in [-0.39, 0.29) is 29.5 Å². The van der Waals surface area contributed by atoms with E-state index < -0.39 is 0 Å². The number of amides is 1. The number of methoxy groups -OCH3 is 2. The molecular formula is C26H28N4O5. The molecule has 0 radical (unpaired) electrons. The molecule has 1 aliphatic heterocycles. The van der Waals surface area contributed by atoms with Crippen molar-refractivity contribution in [1.29, 1.82) is 5.26 Å². The van der Waals surface area contributed by atoms with E-state index >= 15 is 0 Å². The van der Waals surface area contributed by atoms with Crippen molar-refractivity contribution < 1.29 is 23.1 Å². The Hall–Kier alpha value is -3.93. The van der Waals surface area contributed by atoms with E-state index in [2.05, 4.69) is 11.1 Å². The first-order valence-electron chi connectivity index (χ1n) is 11.8. The molecule has 2 aromatic heterocycles. The molecule has 0 unspecified atom stereocenters. The first-order chi connectivity index (χ1) is 17.1. The van der Waals surface area contributed by atoms with Crippen LogP contribution in [0.1, 0.15) is 36.9 Å². The minimum Gasteiger partial charge on any atom is -0.497 e. The van der Waals surface area contributed by atoms with E-state index in [9.17, 15) is 10.1 Å². The van der Waals surface area contributed by atoms with Crippen molar-refractivity contribution in [3.8, 4) is 29.2 Å². The molecule has 9 heteroatoms. The van der Waals surface area contributed by atoms with Crippen molar-refractivity contribution in [2.45, 2.75) is 38.3 Å². The number of furan rings is 1. The third-order valence-corrected chi connectivity index (χ3v) is 6.68. The number of oxazole rings is 1. The van der Waals surface area contributed by atoms with Gasteiger partial charge in [0.25, 0.3) is 5.89 Å². The van der Waals surface area contributed by atoms with Crippen LogP contribution in [0, 0.1) is 17.2 Å². The second kappa shape index (κ2) is 9.74. The third-order valence-electron chi connectivity index (χ3n) is 6.68. The number of rotatable bonds is 8. The Balaban J connectivity index is 1.28. The molecule has 1 saturated heterocycles. The van der Waals surface area contributed by atoms with Gasteiger partial charge in [0.1, 0.15) is 17.6 Å². The molecule has 1 amide bonds. The predicted octanol–water partition coefficient (Wildman–Crippen LogP) is 4.23. The number of hydrogen-bond acceptors (Lipinski definition) is 8. The molecule has 1 saturated carbocycles. The van der Waals surface area contributed by atoms with Crippen LogP contribution in [0.15, 0.2) is 45.4 Å². The lowest BCUT2D eigenvalue weighted by Gasteiger charge is -2.34. The predicted molar refractivity (Wildman–Crippen MR) is 127 cm³/mol. The molecule has 182 valence electrons. The second-order valence-electron chi connectivity index (χ2n) is 8.90. The van der Waals surface area contributed by atoms with Gasteiger partial charge in [-0.05, 0) is 56.0 Å². The normalized spacial score (nSPS) is 16.1. The van der Waals surface area contributed by atoms with Crippen molar-refractivity contribution in [3.05, 3.63) is 47.9 Å². The fourth-order valence-corrected chi connectivity index (χ4v) is 4.63. The van der Waals surface area contributed by atoms with Crippen LogP contribution >= 0.6 is 0 Å². The number of carbonyl (C=O) groups is 1. The van der Waals surface area contributed by atoms with Crippen molar-refractivity contribution >= 4 is 11.8 Å². The summed E-state index contributed by atoms with van der Waals surface area (Å²) >= 11 is 0. The van der Waals surface area contributed by atoms with Crippen LogP contribution in [0.2, 0.25) is 0 Å². The van der Waals surface area contributed by atoms with Gasteiger partial charge in [0.2, 0.25) is 17.5 Å². The van der Waals surface area contributed by atoms with E-state index in [0.29, 0.717) is 44.1 Å². The van der Waals surface area contributed by atoms with Crippen LogP contribution in [0.25, 0.3) is 11.7 Å². The highest BCUT2D eigenvalue weighted by atomic mass is 16.5. The van der Waals surface area contributed by atoms with Crippen LogP contribution in [0.3, 0.4) is 0 Å². The summed E-state index contributed by atoms with van der Waals surface area (Å²) in [5.41, 5.74) is 1.17. The largest absolute Gasteiger partial charge is 0.497 e. The first-order valence-corrected chi connectivity index (χ1v) is 11.8. The van der Waals surface area contributed by atoms with E-state index in [1.54, 1.807) is 26.4 Å². The molecule has 2 aliphatic rings. The van der Waals surface area contributed by atoms with E-state index in [1.807, 2.05) is 28.0 Å². The summed E-state index contributed by atoms with van der Waals surface area (Å²) in [5.74, 6) is 2.78. The van der Waals surface area contributed by atoms with Gasteiger partial charge in [-0.25, -0.2) is 0 Å². The number of anilines is 1. The summed E-state index contributed by atoms with van der Waals surface area (Å²) in [5, 5.41) is 9.55. The molecular weight excluding hydrogens is 448 g/mol. The number of nitriles is 1. The fraction of sp³-hybridized carbons (Fsp3) is 0.423. The molecule has 35 heavy (non-hydrogen) atoms. The maximum atomic E-state index is 13.6. The Morgan fingerprint density at radius 1 is 1.20 bits per heavy atom. The summed E-state index contributed by atoms with van der Waals surface area (Å²) in [4.78, 5) is 21.9. The smallest absolute Gasteiger partial charge is 0.266 e. The molecule has 0 bridgehead atoms. The van der Waals surface area contributed by atoms with E-state index in [0.717, 1.165) is 29.9 Å². The molecule has 1 aliphatic carbocycles. The fourth-order valence-electron chi connectivity index (χ4n) is 4.63. The van der Waals surface area contributed by atoms with Gasteiger partial charge >= 0.3 is 0 Å². The number of piperidine rings is 1. The number of ether oxygens (including phenoxy) is 2. The lowest BCUT2D eigenvalue weighted by Crippen LogP contribution is -2.43. The van der Waals surface area contributed by atoms with Gasteiger partial charge in [-0.1, -0.05) is 0 Å². The maximum absolute atomic E-state index is 13.6. The van der Waals surface area contributed by atoms with Crippen LogP contribution in [0.5, 0.6) is 11.5 Å². The van der Waals surface area contributed by atoms with Crippen LogP contribution in [-0.4, -0.2) is 49.1 Å². The Morgan fingerprint density at radius 3 is 2.63 bits per heavy atom. The maximum Gasteiger partial charge on any atom is 0.266 e. The molecule has 1 aromatic carbocycles. The van der Waals surface area contributed by atoms with Crippen molar-refractivity contribution in [1.82, 2.24) is 9.88 Å². The number of aromatic nitrogens is 1. The Bertz CT molecular complexity index is 1220. The molecule has 9 nitrogen and oxygen atoms in total. The molecule has 0 spiro atoms. The molecule has 3 heterocycles. The van der Waals surface area contributed by atoms with Crippen LogP contribution < -0.4 is 14.4 Å². The van der Waals surface area contributed by atoms with Gasteiger partial charge in [0.05, 0.1) is 20.5 Å². The quantitative estimate of drug-likeness (QED) is 0.476. The monoisotopic (exact) mass is 476 g/mol. The highest BCUT2D eigenvalue weighted by molar-refractivity contribution is 5.80. The molecule has 0 N–H and O–H groups in total. The molecule has 0 atom stereocenters. The topological polar surface area (TPSA) is 105 Å². The van der Waals surface area contributed by atoms with Crippen molar-refractivity contribution in [2.75, 3.05) is 32.2 Å². The number of hydrogen-bond donors (Lipinski definition) is 0. The standard InChI is InChI=1S/C26H28N4O5/c1-32-20-7-8-22(33-2)18(14-20)16-30(19-5-6-19)25(31)17-9-11-29(12-10-17)26-21(15-27)28-24(35-26)23-4-3-13-34-23/h3-4,7-8,13-14,17,19H,5-6,9-12,16H2,1-2H3. The average Bonchev–Trinajstić information content (AvgIpc) is 3.40. The molecule has 2 fully saturated rings. The van der Waals surface area contributed by atoms with Gasteiger partial charge in [0, 0.05) is 37.2 Å². The Labute approximate surface area is 203 Å². The van der Waals surface area contributed by atoms with Crippen LogP contribution in [-0.2, 0) is 11.3 Å². The van der Waals surface area contributed by atoms with Gasteiger partial charge in [-0.3, -0.25) is 4.79 Å². The lowest BCUT2D eigenvalue weighted by atomic mass is 9.94. The number of nitrogens with zero attached hydrogens (tertiary/aromatic N) is 4. The number of benzene rings is 1. The molecule has 3 aromatic rings.